The summed E-state index contributed by atoms with van der Waals surface area (Å²) in [4.78, 5) is 13.5. The third kappa shape index (κ3) is 1.04. The summed E-state index contributed by atoms with van der Waals surface area (Å²) in [5, 5.41) is 8.94. The highest BCUT2D eigenvalue weighted by molar-refractivity contribution is 6.13. The van der Waals surface area contributed by atoms with Gasteiger partial charge in [0.25, 0.3) is 0 Å². The first-order valence-electron chi connectivity index (χ1n) is 4.33. The molecule has 0 heterocycles. The van der Waals surface area contributed by atoms with Gasteiger partial charge in [0.1, 0.15) is 0 Å². The molecule has 2 N–H and O–H groups in total. The molecule has 2 rings (SSSR count). The minimum atomic E-state index is -0.694. The fourth-order valence-corrected chi connectivity index (χ4v) is 3.12. The summed E-state index contributed by atoms with van der Waals surface area (Å²) in [7, 11) is 0. The van der Waals surface area contributed by atoms with E-state index in [0.717, 1.165) is 19.3 Å². The van der Waals surface area contributed by atoms with E-state index in [1.165, 1.54) is 0 Å². The van der Waals surface area contributed by atoms with Crippen molar-refractivity contribution in [1.82, 2.24) is 4.84 Å². The molecule has 0 radical (unpaired) electrons. The molecular weight excluding hydrogens is 178 g/mol. The molecule has 2 aliphatic rings. The lowest BCUT2D eigenvalue weighted by atomic mass is 9.85. The molecule has 2 aliphatic carbocycles. The monoisotopic (exact) mass is 189 g/mol. The van der Waals surface area contributed by atoms with Crippen molar-refractivity contribution in [2.45, 2.75) is 25.3 Å². The minimum absolute atomic E-state index is 0.00270. The van der Waals surface area contributed by atoms with E-state index in [0.29, 0.717) is 11.8 Å². The molecule has 4 atom stereocenters. The van der Waals surface area contributed by atoms with E-state index >= 15 is 0 Å². The Hall–Kier alpha value is -0.280. The van der Waals surface area contributed by atoms with Crippen molar-refractivity contribution in [2.24, 2.45) is 17.8 Å². The van der Waals surface area contributed by atoms with E-state index in [4.69, 9.17) is 16.9 Å². The topological polar surface area (TPSA) is 49.3 Å². The van der Waals surface area contributed by atoms with Crippen LogP contribution in [0.15, 0.2) is 0 Å². The quantitative estimate of drug-likeness (QED) is 0.643. The van der Waals surface area contributed by atoms with Crippen LogP contribution in [-0.4, -0.2) is 17.1 Å². The average Bonchev–Trinajstić information content (AvgIpc) is 2.60. The van der Waals surface area contributed by atoms with Crippen LogP contribution in [0.3, 0.4) is 0 Å². The van der Waals surface area contributed by atoms with Gasteiger partial charge >= 0.3 is 5.97 Å². The Morgan fingerprint density at radius 2 is 2.08 bits per heavy atom. The van der Waals surface area contributed by atoms with Crippen molar-refractivity contribution in [1.29, 1.82) is 0 Å². The number of carboxylic acids is 1. The zero-order valence-electron chi connectivity index (χ0n) is 6.66. The van der Waals surface area contributed by atoms with Gasteiger partial charge in [0.15, 0.2) is 0 Å². The first-order valence-corrected chi connectivity index (χ1v) is 4.71. The fourth-order valence-electron chi connectivity index (χ4n) is 2.80. The maximum absolute atomic E-state index is 10.9. The van der Waals surface area contributed by atoms with E-state index < -0.39 is 5.97 Å². The molecule has 2 saturated carbocycles. The number of nitrogens with one attached hydrogen (secondary N) is 1. The molecule has 0 spiro atoms. The smallest absolute Gasteiger partial charge is 0.308 e. The van der Waals surface area contributed by atoms with Crippen LogP contribution in [-0.2, 0) is 4.79 Å². The van der Waals surface area contributed by atoms with Gasteiger partial charge < -0.3 is 5.11 Å². The minimum Gasteiger partial charge on any atom is -0.481 e. The molecule has 68 valence electrons. The Balaban J connectivity index is 2.16. The molecule has 2 fully saturated rings. The molecule has 0 amide bonds. The summed E-state index contributed by atoms with van der Waals surface area (Å²) in [5.41, 5.74) is 0. The van der Waals surface area contributed by atoms with Gasteiger partial charge in [-0.3, -0.25) is 4.79 Å². The molecule has 3 nitrogen and oxygen atoms in total. The number of hydrogen-bond acceptors (Lipinski definition) is 2. The van der Waals surface area contributed by atoms with E-state index in [-0.39, 0.29) is 12.0 Å². The summed E-state index contributed by atoms with van der Waals surface area (Å²) in [6.45, 7) is 0. The standard InChI is InChI=1S/C8H12ClNO2/c9-10-7-5-2-1-4(3-5)6(7)8(11)12/h4-7,10H,1-3H2,(H,11,12). The van der Waals surface area contributed by atoms with Crippen molar-refractivity contribution < 1.29 is 9.90 Å². The van der Waals surface area contributed by atoms with Crippen LogP contribution in [0.5, 0.6) is 0 Å². The zero-order valence-corrected chi connectivity index (χ0v) is 7.42. The molecule has 0 saturated heterocycles. The molecule has 0 aromatic carbocycles. The van der Waals surface area contributed by atoms with Gasteiger partial charge in [-0.05, 0) is 42.9 Å². The van der Waals surface area contributed by atoms with Crippen LogP contribution in [0, 0.1) is 17.8 Å². The lowest BCUT2D eigenvalue weighted by Crippen LogP contribution is -2.40. The Morgan fingerprint density at radius 1 is 1.42 bits per heavy atom. The van der Waals surface area contributed by atoms with Crippen LogP contribution in [0.25, 0.3) is 0 Å². The van der Waals surface area contributed by atoms with Crippen LogP contribution in [0.4, 0.5) is 0 Å². The van der Waals surface area contributed by atoms with E-state index in [2.05, 4.69) is 4.84 Å². The maximum atomic E-state index is 10.9. The number of carboxylic acid groups (broad SMARTS) is 1. The van der Waals surface area contributed by atoms with E-state index in [1.807, 2.05) is 0 Å². The van der Waals surface area contributed by atoms with Crippen LogP contribution < -0.4 is 4.84 Å². The van der Waals surface area contributed by atoms with E-state index in [9.17, 15) is 4.79 Å². The summed E-state index contributed by atoms with van der Waals surface area (Å²) in [5.74, 6) is -0.0843. The van der Waals surface area contributed by atoms with Gasteiger partial charge in [-0.15, -0.1) is 0 Å². The lowest BCUT2D eigenvalue weighted by Gasteiger charge is -2.26. The SMILES string of the molecule is O=C(O)C1C2CCC(C2)C1NCl. The Bertz CT molecular complexity index is 209. The molecule has 2 bridgehead atoms. The number of hydrogen-bond donors (Lipinski definition) is 2. The zero-order chi connectivity index (χ0) is 8.72. The molecule has 12 heavy (non-hydrogen) atoms. The lowest BCUT2D eigenvalue weighted by molar-refractivity contribution is -0.144. The summed E-state index contributed by atoms with van der Waals surface area (Å²) >= 11 is 5.53. The van der Waals surface area contributed by atoms with Crippen molar-refractivity contribution in [3.8, 4) is 0 Å². The van der Waals surface area contributed by atoms with Gasteiger partial charge in [-0.25, -0.2) is 4.84 Å². The van der Waals surface area contributed by atoms with Crippen molar-refractivity contribution in [3.63, 3.8) is 0 Å². The Labute approximate surface area is 76.2 Å². The van der Waals surface area contributed by atoms with Gasteiger partial charge in [0.05, 0.1) is 5.92 Å². The third-order valence-corrected chi connectivity index (χ3v) is 3.58. The highest BCUT2D eigenvalue weighted by Crippen LogP contribution is 2.48. The third-order valence-electron chi connectivity index (χ3n) is 3.33. The molecule has 0 aromatic rings. The fraction of sp³-hybridized carbons (Fsp3) is 0.875. The summed E-state index contributed by atoms with van der Waals surface area (Å²) in [6.07, 6.45) is 3.25. The predicted molar refractivity (Wildman–Crippen MR) is 44.7 cm³/mol. The van der Waals surface area contributed by atoms with Crippen LogP contribution in [0.2, 0.25) is 0 Å². The van der Waals surface area contributed by atoms with Crippen LogP contribution in [0.1, 0.15) is 19.3 Å². The first-order chi connectivity index (χ1) is 5.74. The molecule has 4 heteroatoms. The largest absolute Gasteiger partial charge is 0.481 e. The van der Waals surface area contributed by atoms with Gasteiger partial charge in [0, 0.05) is 6.04 Å². The number of rotatable bonds is 2. The maximum Gasteiger partial charge on any atom is 0.308 e. The Morgan fingerprint density at radius 3 is 2.58 bits per heavy atom. The molecule has 4 unspecified atom stereocenters. The van der Waals surface area contributed by atoms with Gasteiger partial charge in [-0.1, -0.05) is 0 Å². The molecule has 0 aromatic heterocycles. The van der Waals surface area contributed by atoms with Crippen molar-refractivity contribution in [3.05, 3.63) is 0 Å². The molecular formula is C8H12ClNO2. The normalized spacial score (nSPS) is 45.1. The average molecular weight is 190 g/mol. The first kappa shape index (κ1) is 8.32. The van der Waals surface area contributed by atoms with Crippen molar-refractivity contribution >= 4 is 17.7 Å². The highest BCUT2D eigenvalue weighted by atomic mass is 35.5. The number of aliphatic carboxylic acids is 1. The highest BCUT2D eigenvalue weighted by Gasteiger charge is 2.50. The van der Waals surface area contributed by atoms with E-state index in [1.54, 1.807) is 0 Å². The second-order valence-corrected chi connectivity index (χ2v) is 4.05. The Kier molecular flexibility index (Phi) is 2.00. The number of carbonyl (C=O) groups is 1. The molecule has 0 aliphatic heterocycles. The van der Waals surface area contributed by atoms with Gasteiger partial charge in [0.2, 0.25) is 0 Å². The number of halogens is 1. The second-order valence-electron chi connectivity index (χ2n) is 3.83. The predicted octanol–water partition coefficient (Wildman–Crippen LogP) is 1.23. The van der Waals surface area contributed by atoms with Crippen LogP contribution >= 0.6 is 11.8 Å². The summed E-state index contributed by atoms with van der Waals surface area (Å²) in [6, 6.07) is 0.00270. The second kappa shape index (κ2) is 2.89. The summed E-state index contributed by atoms with van der Waals surface area (Å²) < 4.78 is 0. The van der Waals surface area contributed by atoms with Gasteiger partial charge in [-0.2, -0.15) is 0 Å². The number of fused-ring (bicyclic) bond motifs is 2. The van der Waals surface area contributed by atoms with Crippen molar-refractivity contribution in [2.75, 3.05) is 0 Å².